The Balaban J connectivity index is 4.16. The van der Waals surface area contributed by atoms with Gasteiger partial charge in [0.05, 0.1) is 12.2 Å². The lowest BCUT2D eigenvalue weighted by Gasteiger charge is -2.28. The number of rotatable bonds is 11. The molecule has 0 aliphatic heterocycles. The molecule has 110 valence electrons. The molecule has 0 spiro atoms. The minimum absolute atomic E-state index is 0.253. The van der Waals surface area contributed by atoms with E-state index < -0.39 is 0 Å². The first-order valence-corrected chi connectivity index (χ1v) is 7.58. The highest BCUT2D eigenvalue weighted by Crippen LogP contribution is 2.15. The SMILES string of the molecule is CCCCC(CC)CN(CCC(C)O)CC(C)O. The lowest BCUT2D eigenvalue weighted by Crippen LogP contribution is -2.36. The molecule has 3 nitrogen and oxygen atoms in total. The molecule has 0 aromatic carbocycles. The Morgan fingerprint density at radius 2 is 1.61 bits per heavy atom. The molecule has 0 rings (SSSR count). The van der Waals surface area contributed by atoms with Crippen molar-refractivity contribution in [1.29, 1.82) is 0 Å². The predicted molar refractivity (Wildman–Crippen MR) is 77.7 cm³/mol. The lowest BCUT2D eigenvalue weighted by atomic mass is 9.98. The second-order valence-corrected chi connectivity index (χ2v) is 5.66. The fourth-order valence-corrected chi connectivity index (χ4v) is 2.28. The zero-order chi connectivity index (χ0) is 14.0. The summed E-state index contributed by atoms with van der Waals surface area (Å²) in [5.74, 6) is 0.720. The number of hydrogen-bond acceptors (Lipinski definition) is 3. The monoisotopic (exact) mass is 259 g/mol. The molecule has 0 aromatic heterocycles. The Labute approximate surface area is 113 Å². The Kier molecular flexibility index (Phi) is 10.7. The summed E-state index contributed by atoms with van der Waals surface area (Å²) >= 11 is 0. The fourth-order valence-electron chi connectivity index (χ4n) is 2.28. The van der Waals surface area contributed by atoms with Crippen LogP contribution in [0.15, 0.2) is 0 Å². The zero-order valence-corrected chi connectivity index (χ0v) is 12.7. The molecule has 3 heteroatoms. The number of nitrogens with zero attached hydrogens (tertiary/aromatic N) is 1. The van der Waals surface area contributed by atoms with Gasteiger partial charge in [-0.15, -0.1) is 0 Å². The molecular formula is C15H33NO2. The average Bonchev–Trinajstić information content (AvgIpc) is 2.30. The normalized spacial score (nSPS) is 16.8. The third-order valence-electron chi connectivity index (χ3n) is 3.45. The summed E-state index contributed by atoms with van der Waals surface area (Å²) in [7, 11) is 0. The molecule has 0 amide bonds. The van der Waals surface area contributed by atoms with Crippen LogP contribution in [-0.4, -0.2) is 47.0 Å². The molecule has 0 bridgehead atoms. The summed E-state index contributed by atoms with van der Waals surface area (Å²) in [6.07, 6.45) is 5.26. The van der Waals surface area contributed by atoms with Gasteiger partial charge in [0, 0.05) is 19.6 Å². The summed E-state index contributed by atoms with van der Waals surface area (Å²) < 4.78 is 0. The molecule has 18 heavy (non-hydrogen) atoms. The van der Waals surface area contributed by atoms with Crippen molar-refractivity contribution in [2.45, 2.75) is 72.0 Å². The van der Waals surface area contributed by atoms with E-state index in [4.69, 9.17) is 0 Å². The molecule has 0 saturated heterocycles. The van der Waals surface area contributed by atoms with E-state index in [-0.39, 0.29) is 12.2 Å². The van der Waals surface area contributed by atoms with Crippen molar-refractivity contribution in [3.63, 3.8) is 0 Å². The first kappa shape index (κ1) is 17.9. The van der Waals surface area contributed by atoms with Crippen LogP contribution in [0.2, 0.25) is 0 Å². The molecule has 0 radical (unpaired) electrons. The van der Waals surface area contributed by atoms with Crippen molar-refractivity contribution in [2.75, 3.05) is 19.6 Å². The second kappa shape index (κ2) is 10.8. The van der Waals surface area contributed by atoms with Crippen LogP contribution in [-0.2, 0) is 0 Å². The Morgan fingerprint density at radius 3 is 2.06 bits per heavy atom. The average molecular weight is 259 g/mol. The van der Waals surface area contributed by atoms with Crippen LogP contribution in [0.4, 0.5) is 0 Å². The third-order valence-corrected chi connectivity index (χ3v) is 3.45. The van der Waals surface area contributed by atoms with Gasteiger partial charge in [-0.2, -0.15) is 0 Å². The van der Waals surface area contributed by atoms with Crippen LogP contribution in [0.5, 0.6) is 0 Å². The van der Waals surface area contributed by atoms with Crippen LogP contribution in [0.1, 0.15) is 59.8 Å². The highest BCUT2D eigenvalue weighted by molar-refractivity contribution is 4.68. The van der Waals surface area contributed by atoms with Crippen LogP contribution < -0.4 is 0 Å². The number of unbranched alkanes of at least 4 members (excludes halogenated alkanes) is 1. The summed E-state index contributed by atoms with van der Waals surface area (Å²) in [5, 5.41) is 18.9. The predicted octanol–water partition coefficient (Wildman–Crippen LogP) is 2.66. The van der Waals surface area contributed by atoms with Crippen LogP contribution in [0.25, 0.3) is 0 Å². The summed E-state index contributed by atoms with van der Waals surface area (Å²) in [5.41, 5.74) is 0. The van der Waals surface area contributed by atoms with Crippen molar-refractivity contribution in [3.8, 4) is 0 Å². The number of aliphatic hydroxyl groups excluding tert-OH is 2. The van der Waals surface area contributed by atoms with E-state index in [0.29, 0.717) is 0 Å². The topological polar surface area (TPSA) is 43.7 Å². The van der Waals surface area contributed by atoms with Gasteiger partial charge in [-0.25, -0.2) is 0 Å². The molecule has 3 atom stereocenters. The smallest absolute Gasteiger partial charge is 0.0639 e. The molecule has 0 aliphatic carbocycles. The van der Waals surface area contributed by atoms with E-state index >= 15 is 0 Å². The minimum Gasteiger partial charge on any atom is -0.393 e. The van der Waals surface area contributed by atoms with Crippen molar-refractivity contribution < 1.29 is 10.2 Å². The quantitative estimate of drug-likeness (QED) is 0.599. The van der Waals surface area contributed by atoms with E-state index in [9.17, 15) is 10.2 Å². The summed E-state index contributed by atoms with van der Waals surface area (Å²) in [6.45, 7) is 10.8. The Hall–Kier alpha value is -0.120. The van der Waals surface area contributed by atoms with Crippen molar-refractivity contribution >= 4 is 0 Å². The van der Waals surface area contributed by atoms with Gasteiger partial charge in [0.1, 0.15) is 0 Å². The first-order chi connectivity index (χ1) is 8.49. The van der Waals surface area contributed by atoms with Gasteiger partial charge < -0.3 is 15.1 Å². The van der Waals surface area contributed by atoms with Crippen molar-refractivity contribution in [2.24, 2.45) is 5.92 Å². The molecular weight excluding hydrogens is 226 g/mol. The van der Waals surface area contributed by atoms with Crippen molar-refractivity contribution in [3.05, 3.63) is 0 Å². The highest BCUT2D eigenvalue weighted by atomic mass is 16.3. The van der Waals surface area contributed by atoms with Crippen LogP contribution >= 0.6 is 0 Å². The van der Waals surface area contributed by atoms with Crippen molar-refractivity contribution in [1.82, 2.24) is 4.90 Å². The van der Waals surface area contributed by atoms with Gasteiger partial charge in [0.15, 0.2) is 0 Å². The maximum atomic E-state index is 9.55. The maximum Gasteiger partial charge on any atom is 0.0639 e. The Bertz CT molecular complexity index is 183. The van der Waals surface area contributed by atoms with E-state index in [0.717, 1.165) is 32.0 Å². The zero-order valence-electron chi connectivity index (χ0n) is 12.7. The third kappa shape index (κ3) is 9.86. The van der Waals surface area contributed by atoms with Gasteiger partial charge in [-0.05, 0) is 32.6 Å². The first-order valence-electron chi connectivity index (χ1n) is 7.58. The molecule has 0 aromatic rings. The summed E-state index contributed by atoms with van der Waals surface area (Å²) in [6, 6.07) is 0. The molecule has 0 heterocycles. The number of aliphatic hydroxyl groups is 2. The van der Waals surface area contributed by atoms with Gasteiger partial charge in [0.25, 0.3) is 0 Å². The molecule has 2 N–H and O–H groups in total. The standard InChI is InChI=1S/C15H33NO2/c1-5-7-8-15(6-2)12-16(11-14(4)18)10-9-13(3)17/h13-15,17-18H,5-12H2,1-4H3. The summed E-state index contributed by atoms with van der Waals surface area (Å²) in [4.78, 5) is 2.31. The van der Waals surface area contributed by atoms with E-state index in [1.165, 1.54) is 25.7 Å². The maximum absolute atomic E-state index is 9.55. The molecule has 0 saturated carbocycles. The fraction of sp³-hybridized carbons (Fsp3) is 1.00. The second-order valence-electron chi connectivity index (χ2n) is 5.66. The van der Waals surface area contributed by atoms with E-state index in [2.05, 4.69) is 18.7 Å². The largest absolute Gasteiger partial charge is 0.393 e. The minimum atomic E-state index is -0.289. The van der Waals surface area contributed by atoms with Crippen LogP contribution in [0, 0.1) is 5.92 Å². The van der Waals surface area contributed by atoms with E-state index in [1.54, 1.807) is 0 Å². The highest BCUT2D eigenvalue weighted by Gasteiger charge is 2.14. The molecule has 0 fully saturated rings. The van der Waals surface area contributed by atoms with E-state index in [1.807, 2.05) is 13.8 Å². The molecule has 0 aliphatic rings. The van der Waals surface area contributed by atoms with Gasteiger partial charge >= 0.3 is 0 Å². The molecule has 3 unspecified atom stereocenters. The van der Waals surface area contributed by atoms with Gasteiger partial charge in [-0.3, -0.25) is 0 Å². The van der Waals surface area contributed by atoms with Gasteiger partial charge in [0.2, 0.25) is 0 Å². The van der Waals surface area contributed by atoms with Crippen LogP contribution in [0.3, 0.4) is 0 Å². The van der Waals surface area contributed by atoms with Gasteiger partial charge in [-0.1, -0.05) is 33.1 Å². The lowest BCUT2D eigenvalue weighted by molar-refractivity contribution is 0.0954. The Morgan fingerprint density at radius 1 is 0.944 bits per heavy atom. The number of hydrogen-bond donors (Lipinski definition) is 2.